The maximum atomic E-state index is 12.3. The van der Waals surface area contributed by atoms with Gasteiger partial charge in [-0.15, -0.1) is 0 Å². The average molecular weight is 386 g/mol. The molecule has 28 heavy (non-hydrogen) atoms. The Morgan fingerprint density at radius 2 is 1.71 bits per heavy atom. The fourth-order valence-electron chi connectivity index (χ4n) is 4.49. The van der Waals surface area contributed by atoms with Crippen LogP contribution in [0.4, 0.5) is 5.82 Å². The van der Waals surface area contributed by atoms with Crippen molar-refractivity contribution in [1.29, 1.82) is 0 Å². The predicted octanol–water partition coefficient (Wildman–Crippen LogP) is 1.45. The van der Waals surface area contributed by atoms with Crippen LogP contribution in [-0.2, 0) is 4.79 Å². The van der Waals surface area contributed by atoms with Crippen molar-refractivity contribution in [3.05, 3.63) is 23.4 Å². The van der Waals surface area contributed by atoms with Gasteiger partial charge < -0.3 is 20.9 Å². The Balaban J connectivity index is 1.30. The lowest BCUT2D eigenvalue weighted by atomic mass is 9.92. The third kappa shape index (κ3) is 4.29. The van der Waals surface area contributed by atoms with Gasteiger partial charge in [-0.1, -0.05) is 0 Å². The maximum absolute atomic E-state index is 12.3. The SMILES string of the molecule is Cc1ccc(C(N)=O)c(N2CCC(N3CCC(C(=O)NC4CC4)CC3)CC2)n1. The summed E-state index contributed by atoms with van der Waals surface area (Å²) in [6.45, 7) is 5.70. The molecule has 0 unspecified atom stereocenters. The van der Waals surface area contributed by atoms with Gasteiger partial charge in [-0.25, -0.2) is 4.98 Å². The van der Waals surface area contributed by atoms with E-state index in [0.29, 0.717) is 17.6 Å². The third-order valence-electron chi connectivity index (χ3n) is 6.38. The van der Waals surface area contributed by atoms with E-state index in [-0.39, 0.29) is 11.8 Å². The molecule has 2 amide bonds. The highest BCUT2D eigenvalue weighted by molar-refractivity contribution is 5.97. The number of amides is 2. The van der Waals surface area contributed by atoms with Gasteiger partial charge in [0.1, 0.15) is 5.82 Å². The number of primary amides is 1. The smallest absolute Gasteiger partial charge is 0.252 e. The van der Waals surface area contributed by atoms with Gasteiger partial charge in [-0.2, -0.15) is 0 Å². The van der Waals surface area contributed by atoms with Crippen molar-refractivity contribution in [1.82, 2.24) is 15.2 Å². The zero-order valence-corrected chi connectivity index (χ0v) is 16.7. The van der Waals surface area contributed by atoms with Gasteiger partial charge >= 0.3 is 0 Å². The molecule has 0 radical (unpaired) electrons. The Kier molecular flexibility index (Phi) is 5.53. The summed E-state index contributed by atoms with van der Waals surface area (Å²) < 4.78 is 0. The quantitative estimate of drug-likeness (QED) is 0.800. The molecule has 3 heterocycles. The minimum Gasteiger partial charge on any atom is -0.365 e. The molecule has 0 spiro atoms. The first-order valence-corrected chi connectivity index (χ1v) is 10.6. The number of rotatable bonds is 5. The largest absolute Gasteiger partial charge is 0.365 e. The van der Waals surface area contributed by atoms with Gasteiger partial charge in [0.05, 0.1) is 5.56 Å². The molecular formula is C21H31N5O2. The van der Waals surface area contributed by atoms with Crippen LogP contribution in [0.3, 0.4) is 0 Å². The van der Waals surface area contributed by atoms with Crippen LogP contribution in [0, 0.1) is 12.8 Å². The van der Waals surface area contributed by atoms with Crippen molar-refractivity contribution in [2.45, 2.75) is 57.5 Å². The van der Waals surface area contributed by atoms with Gasteiger partial charge in [-0.05, 0) is 70.7 Å². The van der Waals surface area contributed by atoms with Gasteiger partial charge in [0.2, 0.25) is 5.91 Å². The van der Waals surface area contributed by atoms with Gasteiger partial charge in [0, 0.05) is 36.8 Å². The third-order valence-corrected chi connectivity index (χ3v) is 6.38. The van der Waals surface area contributed by atoms with Crippen LogP contribution >= 0.6 is 0 Å². The van der Waals surface area contributed by atoms with Crippen molar-refractivity contribution in [3.63, 3.8) is 0 Å². The number of pyridine rings is 1. The van der Waals surface area contributed by atoms with Crippen molar-refractivity contribution >= 4 is 17.6 Å². The molecule has 0 atom stereocenters. The fourth-order valence-corrected chi connectivity index (χ4v) is 4.49. The molecule has 7 nitrogen and oxygen atoms in total. The van der Waals surface area contributed by atoms with Crippen molar-refractivity contribution in [2.75, 3.05) is 31.1 Å². The lowest BCUT2D eigenvalue weighted by Crippen LogP contribution is -2.49. The van der Waals surface area contributed by atoms with E-state index < -0.39 is 5.91 Å². The first-order chi connectivity index (χ1) is 13.5. The highest BCUT2D eigenvalue weighted by atomic mass is 16.2. The second kappa shape index (κ2) is 8.07. The number of nitrogens with zero attached hydrogens (tertiary/aromatic N) is 3. The zero-order valence-electron chi connectivity index (χ0n) is 16.7. The summed E-state index contributed by atoms with van der Waals surface area (Å²) in [4.78, 5) is 33.4. The Bertz CT molecular complexity index is 732. The van der Waals surface area contributed by atoms with E-state index in [1.165, 1.54) is 0 Å². The summed E-state index contributed by atoms with van der Waals surface area (Å²) >= 11 is 0. The Hall–Kier alpha value is -2.15. The van der Waals surface area contributed by atoms with Crippen LogP contribution < -0.4 is 16.0 Å². The number of carbonyl (C=O) groups is 2. The van der Waals surface area contributed by atoms with Crippen LogP contribution in [0.25, 0.3) is 0 Å². The Labute approximate surface area is 166 Å². The normalized spacial score (nSPS) is 22.2. The number of hydrogen-bond acceptors (Lipinski definition) is 5. The monoisotopic (exact) mass is 385 g/mol. The topological polar surface area (TPSA) is 91.6 Å². The second-order valence-electron chi connectivity index (χ2n) is 8.50. The molecule has 152 valence electrons. The first-order valence-electron chi connectivity index (χ1n) is 10.6. The molecule has 3 N–H and O–H groups in total. The standard InChI is InChI=1S/C21H31N5O2/c1-14-2-5-18(19(22)27)20(23-14)26-12-8-17(9-13-26)25-10-6-15(7-11-25)21(28)24-16-3-4-16/h2,5,15-17H,3-4,6-13H2,1H3,(H2,22,27)(H,24,28). The van der Waals surface area contributed by atoms with Crippen molar-refractivity contribution in [3.8, 4) is 0 Å². The molecule has 1 aromatic rings. The van der Waals surface area contributed by atoms with E-state index in [1.54, 1.807) is 6.07 Å². The summed E-state index contributed by atoms with van der Waals surface area (Å²) in [5.74, 6) is 0.755. The first kappa shape index (κ1) is 19.2. The van der Waals surface area contributed by atoms with Crippen LogP contribution in [-0.4, -0.2) is 60.0 Å². The number of piperidine rings is 2. The van der Waals surface area contributed by atoms with Gasteiger partial charge in [0.15, 0.2) is 0 Å². The number of nitrogens with two attached hydrogens (primary N) is 1. The average Bonchev–Trinajstić information content (AvgIpc) is 3.52. The molecule has 0 aromatic carbocycles. The molecule has 1 aromatic heterocycles. The minimum atomic E-state index is -0.420. The molecule has 1 aliphatic carbocycles. The van der Waals surface area contributed by atoms with E-state index in [0.717, 1.165) is 76.2 Å². The number of aryl methyl sites for hydroxylation is 1. The number of nitrogens with one attached hydrogen (secondary N) is 1. The summed E-state index contributed by atoms with van der Waals surface area (Å²) in [7, 11) is 0. The lowest BCUT2D eigenvalue weighted by molar-refractivity contribution is -0.126. The van der Waals surface area contributed by atoms with E-state index in [4.69, 9.17) is 5.73 Å². The molecule has 2 saturated heterocycles. The molecule has 7 heteroatoms. The highest BCUT2D eigenvalue weighted by Crippen LogP contribution is 2.28. The van der Waals surface area contributed by atoms with E-state index in [9.17, 15) is 9.59 Å². The summed E-state index contributed by atoms with van der Waals surface area (Å²) in [5, 5.41) is 3.15. The Morgan fingerprint density at radius 3 is 2.32 bits per heavy atom. The Morgan fingerprint density at radius 1 is 1.04 bits per heavy atom. The predicted molar refractivity (Wildman–Crippen MR) is 108 cm³/mol. The number of likely N-dealkylation sites (tertiary alicyclic amines) is 1. The molecule has 0 bridgehead atoms. The highest BCUT2D eigenvalue weighted by Gasteiger charge is 2.33. The maximum Gasteiger partial charge on any atom is 0.252 e. The summed E-state index contributed by atoms with van der Waals surface area (Å²) in [6, 6.07) is 4.62. The van der Waals surface area contributed by atoms with E-state index >= 15 is 0 Å². The van der Waals surface area contributed by atoms with Crippen LogP contribution in [0.15, 0.2) is 12.1 Å². The van der Waals surface area contributed by atoms with Crippen LogP contribution in [0.2, 0.25) is 0 Å². The summed E-state index contributed by atoms with van der Waals surface area (Å²) in [5.41, 5.74) is 6.94. The van der Waals surface area contributed by atoms with E-state index in [2.05, 4.69) is 20.1 Å². The van der Waals surface area contributed by atoms with Crippen LogP contribution in [0.5, 0.6) is 0 Å². The van der Waals surface area contributed by atoms with Crippen LogP contribution in [0.1, 0.15) is 54.6 Å². The van der Waals surface area contributed by atoms with Gasteiger partial charge in [0.25, 0.3) is 5.91 Å². The number of carbonyl (C=O) groups excluding carboxylic acids is 2. The molecule has 1 saturated carbocycles. The number of aromatic nitrogens is 1. The zero-order chi connectivity index (χ0) is 19.7. The number of hydrogen-bond donors (Lipinski definition) is 2. The van der Waals surface area contributed by atoms with Gasteiger partial charge in [-0.3, -0.25) is 9.59 Å². The summed E-state index contributed by atoms with van der Waals surface area (Å²) in [6.07, 6.45) is 6.32. The number of anilines is 1. The molecular weight excluding hydrogens is 354 g/mol. The van der Waals surface area contributed by atoms with Crippen molar-refractivity contribution < 1.29 is 9.59 Å². The molecule has 3 fully saturated rings. The molecule has 4 rings (SSSR count). The van der Waals surface area contributed by atoms with Crippen molar-refractivity contribution in [2.24, 2.45) is 11.7 Å². The lowest BCUT2D eigenvalue weighted by Gasteiger charge is -2.42. The molecule has 3 aliphatic rings. The minimum absolute atomic E-state index is 0.187. The fraction of sp³-hybridized carbons (Fsp3) is 0.667. The molecule has 2 aliphatic heterocycles. The second-order valence-corrected chi connectivity index (χ2v) is 8.50. The van der Waals surface area contributed by atoms with E-state index in [1.807, 2.05) is 13.0 Å².